The van der Waals surface area contributed by atoms with Crippen LogP contribution in [0.1, 0.15) is 15.9 Å². The third-order valence-corrected chi connectivity index (χ3v) is 3.05. The molecular weight excluding hydrogens is 269 g/mol. The van der Waals surface area contributed by atoms with Gasteiger partial charge in [0.25, 0.3) is 5.91 Å². The van der Waals surface area contributed by atoms with Crippen LogP contribution in [-0.2, 0) is 6.54 Å². The minimum atomic E-state index is -1.52. The van der Waals surface area contributed by atoms with Gasteiger partial charge in [0, 0.05) is 6.54 Å². The largest absolute Gasteiger partial charge is 0.496 e. The van der Waals surface area contributed by atoms with E-state index < -0.39 is 7.12 Å². The topological polar surface area (TPSA) is 78.8 Å². The third kappa shape index (κ3) is 3.84. The van der Waals surface area contributed by atoms with Crippen LogP contribution in [0, 0.1) is 0 Å². The summed E-state index contributed by atoms with van der Waals surface area (Å²) >= 11 is 0. The summed E-state index contributed by atoms with van der Waals surface area (Å²) in [6.45, 7) is 0.289. The number of carbonyl (C=O) groups is 1. The number of para-hydroxylation sites is 1. The van der Waals surface area contributed by atoms with Gasteiger partial charge in [0.15, 0.2) is 0 Å². The minimum Gasteiger partial charge on any atom is -0.496 e. The van der Waals surface area contributed by atoms with Gasteiger partial charge in [-0.15, -0.1) is 0 Å². The maximum Gasteiger partial charge on any atom is 0.488 e. The molecule has 0 heterocycles. The van der Waals surface area contributed by atoms with Crippen LogP contribution in [-0.4, -0.2) is 30.2 Å². The van der Waals surface area contributed by atoms with Crippen molar-refractivity contribution in [2.24, 2.45) is 0 Å². The van der Waals surface area contributed by atoms with Gasteiger partial charge in [-0.2, -0.15) is 0 Å². The van der Waals surface area contributed by atoms with Gasteiger partial charge in [0.2, 0.25) is 0 Å². The van der Waals surface area contributed by atoms with Gasteiger partial charge in [-0.05, 0) is 23.2 Å². The first-order valence-corrected chi connectivity index (χ1v) is 6.48. The molecule has 0 saturated carbocycles. The standard InChI is InChI=1S/C15H16BNO4/c1-21-14-8-3-2-7-13(14)15(18)17-10-11-5-4-6-12(9-11)16(19)20/h2-9,19-20H,10H2,1H3,(H,17,18). The van der Waals surface area contributed by atoms with Crippen LogP contribution in [0.4, 0.5) is 0 Å². The molecule has 5 nitrogen and oxygen atoms in total. The van der Waals surface area contributed by atoms with Crippen molar-refractivity contribution in [3.63, 3.8) is 0 Å². The van der Waals surface area contributed by atoms with Gasteiger partial charge in [-0.3, -0.25) is 4.79 Å². The smallest absolute Gasteiger partial charge is 0.488 e. The zero-order valence-electron chi connectivity index (χ0n) is 11.6. The number of rotatable bonds is 5. The SMILES string of the molecule is COc1ccccc1C(=O)NCc1cccc(B(O)O)c1. The molecule has 1 amide bonds. The summed E-state index contributed by atoms with van der Waals surface area (Å²) in [5.74, 6) is 0.261. The van der Waals surface area contributed by atoms with Crippen molar-refractivity contribution in [1.29, 1.82) is 0 Å². The zero-order valence-corrected chi connectivity index (χ0v) is 11.6. The van der Waals surface area contributed by atoms with E-state index in [1.54, 1.807) is 48.5 Å². The van der Waals surface area contributed by atoms with Crippen LogP contribution >= 0.6 is 0 Å². The Morgan fingerprint density at radius 2 is 1.95 bits per heavy atom. The molecule has 108 valence electrons. The second-order valence-corrected chi connectivity index (χ2v) is 4.50. The van der Waals surface area contributed by atoms with Crippen LogP contribution in [0.3, 0.4) is 0 Å². The van der Waals surface area contributed by atoms with Gasteiger partial charge in [0.05, 0.1) is 12.7 Å². The van der Waals surface area contributed by atoms with Crippen LogP contribution in [0.25, 0.3) is 0 Å². The molecule has 0 spiro atoms. The van der Waals surface area contributed by atoms with E-state index in [1.165, 1.54) is 7.11 Å². The molecule has 0 radical (unpaired) electrons. The molecule has 0 unspecified atom stereocenters. The molecule has 0 atom stereocenters. The van der Waals surface area contributed by atoms with Gasteiger partial charge >= 0.3 is 7.12 Å². The van der Waals surface area contributed by atoms with Crippen molar-refractivity contribution in [2.45, 2.75) is 6.54 Å². The Bertz CT molecular complexity index is 631. The van der Waals surface area contributed by atoms with Crippen molar-refractivity contribution in [3.05, 3.63) is 59.7 Å². The molecule has 6 heteroatoms. The summed E-state index contributed by atoms with van der Waals surface area (Å²) in [5, 5.41) is 21.0. The number of benzene rings is 2. The van der Waals surface area contributed by atoms with Crippen LogP contribution in [0.2, 0.25) is 0 Å². The molecule has 0 saturated heterocycles. The lowest BCUT2D eigenvalue weighted by Gasteiger charge is -2.10. The number of ether oxygens (including phenoxy) is 1. The van der Waals surface area contributed by atoms with Gasteiger partial charge in [0.1, 0.15) is 5.75 Å². The van der Waals surface area contributed by atoms with Crippen LogP contribution < -0.4 is 15.5 Å². The van der Waals surface area contributed by atoms with E-state index in [0.29, 0.717) is 16.8 Å². The number of methoxy groups -OCH3 is 1. The molecule has 2 rings (SSSR count). The molecule has 0 aliphatic heterocycles. The highest BCUT2D eigenvalue weighted by Crippen LogP contribution is 2.16. The molecule has 21 heavy (non-hydrogen) atoms. The molecule has 0 bridgehead atoms. The van der Waals surface area contributed by atoms with E-state index >= 15 is 0 Å². The molecule has 3 N–H and O–H groups in total. The first-order valence-electron chi connectivity index (χ1n) is 6.48. The maximum absolute atomic E-state index is 12.1. The predicted octanol–water partition coefficient (Wildman–Crippen LogP) is 0.305. The highest BCUT2D eigenvalue weighted by atomic mass is 16.5. The van der Waals surface area contributed by atoms with Crippen LogP contribution in [0.15, 0.2) is 48.5 Å². The van der Waals surface area contributed by atoms with E-state index in [1.807, 2.05) is 0 Å². The molecule has 0 aliphatic rings. The summed E-state index contributed by atoms with van der Waals surface area (Å²) in [5.41, 5.74) is 1.63. The Labute approximate surface area is 123 Å². The summed E-state index contributed by atoms with van der Waals surface area (Å²) in [4.78, 5) is 12.1. The predicted molar refractivity (Wildman–Crippen MR) is 80.4 cm³/mol. The number of hydrogen-bond donors (Lipinski definition) is 3. The van der Waals surface area contributed by atoms with Gasteiger partial charge < -0.3 is 20.1 Å². The Morgan fingerprint density at radius 3 is 2.67 bits per heavy atom. The summed E-state index contributed by atoms with van der Waals surface area (Å²) in [7, 11) is -0.00651. The van der Waals surface area contributed by atoms with E-state index in [0.717, 1.165) is 5.56 Å². The Hall–Kier alpha value is -2.31. The quantitative estimate of drug-likeness (QED) is 0.691. The molecule has 0 aromatic heterocycles. The molecule has 2 aromatic carbocycles. The van der Waals surface area contributed by atoms with E-state index in [4.69, 9.17) is 14.8 Å². The highest BCUT2D eigenvalue weighted by molar-refractivity contribution is 6.58. The Balaban J connectivity index is 2.06. The summed E-state index contributed by atoms with van der Waals surface area (Å²) in [6, 6.07) is 13.7. The van der Waals surface area contributed by atoms with E-state index in [2.05, 4.69) is 5.32 Å². The number of amides is 1. The van der Waals surface area contributed by atoms with Crippen molar-refractivity contribution in [1.82, 2.24) is 5.32 Å². The lowest BCUT2D eigenvalue weighted by Crippen LogP contribution is -2.30. The first kappa shape index (κ1) is 15.1. The molecular formula is C15H16BNO4. The summed E-state index contributed by atoms with van der Waals surface area (Å²) in [6.07, 6.45) is 0. The second-order valence-electron chi connectivity index (χ2n) is 4.50. The van der Waals surface area contributed by atoms with Crippen molar-refractivity contribution in [3.8, 4) is 5.75 Å². The maximum atomic E-state index is 12.1. The zero-order chi connectivity index (χ0) is 15.2. The van der Waals surface area contributed by atoms with Gasteiger partial charge in [-0.1, -0.05) is 36.4 Å². The van der Waals surface area contributed by atoms with Crippen molar-refractivity contribution < 1.29 is 19.6 Å². The van der Waals surface area contributed by atoms with Crippen molar-refractivity contribution >= 4 is 18.5 Å². The highest BCUT2D eigenvalue weighted by Gasteiger charge is 2.13. The second kappa shape index (κ2) is 6.92. The summed E-state index contributed by atoms with van der Waals surface area (Å²) < 4.78 is 5.14. The number of carbonyl (C=O) groups excluding carboxylic acids is 1. The fourth-order valence-electron chi connectivity index (χ4n) is 1.97. The third-order valence-electron chi connectivity index (χ3n) is 3.05. The normalized spacial score (nSPS) is 10.0. The number of nitrogens with one attached hydrogen (secondary N) is 1. The van der Waals surface area contributed by atoms with E-state index in [-0.39, 0.29) is 12.5 Å². The van der Waals surface area contributed by atoms with Crippen LogP contribution in [0.5, 0.6) is 5.75 Å². The van der Waals surface area contributed by atoms with E-state index in [9.17, 15) is 4.79 Å². The molecule has 0 fully saturated rings. The number of hydrogen-bond acceptors (Lipinski definition) is 4. The Kier molecular flexibility index (Phi) is 4.97. The minimum absolute atomic E-state index is 0.248. The first-order chi connectivity index (χ1) is 10.1. The fourth-order valence-corrected chi connectivity index (χ4v) is 1.97. The van der Waals surface area contributed by atoms with Crippen molar-refractivity contribution in [2.75, 3.05) is 7.11 Å². The molecule has 0 aliphatic carbocycles. The lowest BCUT2D eigenvalue weighted by molar-refractivity contribution is 0.0948. The average Bonchev–Trinajstić information content (AvgIpc) is 2.52. The Morgan fingerprint density at radius 1 is 1.19 bits per heavy atom. The van der Waals surface area contributed by atoms with Gasteiger partial charge in [-0.25, -0.2) is 0 Å². The lowest BCUT2D eigenvalue weighted by atomic mass is 9.79. The fraction of sp³-hybridized carbons (Fsp3) is 0.133. The average molecular weight is 285 g/mol. The molecule has 2 aromatic rings. The monoisotopic (exact) mass is 285 g/mol.